The molecule has 0 aliphatic rings. The van der Waals surface area contributed by atoms with Crippen molar-refractivity contribution >= 4 is 23.2 Å². The molecule has 0 spiro atoms. The molecule has 1 aromatic heterocycles. The van der Waals surface area contributed by atoms with Crippen molar-refractivity contribution in [3.63, 3.8) is 0 Å². The van der Waals surface area contributed by atoms with Crippen LogP contribution in [-0.2, 0) is 20.0 Å². The van der Waals surface area contributed by atoms with Crippen molar-refractivity contribution in [1.29, 1.82) is 0 Å². The van der Waals surface area contributed by atoms with Crippen LogP contribution in [0.2, 0.25) is 10.0 Å². The molecule has 5 heteroatoms. The highest BCUT2D eigenvalue weighted by Gasteiger charge is 2.01. The average molecular weight is 284 g/mol. The lowest BCUT2D eigenvalue weighted by atomic mass is 10.2. The summed E-state index contributed by atoms with van der Waals surface area (Å²) in [5, 5.41) is 9.03. The van der Waals surface area contributed by atoms with Gasteiger partial charge in [-0.25, -0.2) is 0 Å². The minimum Gasteiger partial charge on any atom is -0.312 e. The maximum absolute atomic E-state index is 6.09. The van der Waals surface area contributed by atoms with Crippen LogP contribution >= 0.6 is 23.2 Å². The summed E-state index contributed by atoms with van der Waals surface area (Å²) >= 11 is 11.9. The van der Waals surface area contributed by atoms with Crippen molar-refractivity contribution in [3.8, 4) is 0 Å². The Hall–Kier alpha value is -1.03. The first-order chi connectivity index (χ1) is 8.65. The van der Waals surface area contributed by atoms with Gasteiger partial charge in [0, 0.05) is 42.8 Å². The molecule has 0 bridgehead atoms. The number of hydrogen-bond donors (Lipinski definition) is 1. The van der Waals surface area contributed by atoms with E-state index in [4.69, 9.17) is 23.2 Å². The van der Waals surface area contributed by atoms with Gasteiger partial charge in [-0.1, -0.05) is 29.3 Å². The predicted molar refractivity (Wildman–Crippen MR) is 75.1 cm³/mol. The van der Waals surface area contributed by atoms with E-state index in [9.17, 15) is 0 Å². The van der Waals surface area contributed by atoms with E-state index in [1.54, 1.807) is 6.07 Å². The van der Waals surface area contributed by atoms with Gasteiger partial charge in [0.15, 0.2) is 0 Å². The molecule has 1 heterocycles. The molecule has 0 fully saturated rings. The first-order valence-electron chi connectivity index (χ1n) is 5.78. The number of nitrogens with one attached hydrogen (secondary N) is 1. The number of rotatable bonds is 5. The molecule has 0 aliphatic heterocycles. The molecule has 1 N–H and O–H groups in total. The minimum atomic E-state index is 0.664. The van der Waals surface area contributed by atoms with Crippen LogP contribution in [0.15, 0.2) is 30.5 Å². The fourth-order valence-electron chi connectivity index (χ4n) is 1.70. The summed E-state index contributed by atoms with van der Waals surface area (Å²) in [5.74, 6) is 0. The van der Waals surface area contributed by atoms with Gasteiger partial charge in [0.1, 0.15) is 0 Å². The van der Waals surface area contributed by atoms with Gasteiger partial charge in [-0.15, -0.1) is 0 Å². The van der Waals surface area contributed by atoms with E-state index in [2.05, 4.69) is 10.4 Å². The lowest BCUT2D eigenvalue weighted by Gasteiger charge is -2.06. The van der Waals surface area contributed by atoms with Crippen LogP contribution in [0.25, 0.3) is 0 Å². The molecule has 0 atom stereocenters. The van der Waals surface area contributed by atoms with Crippen LogP contribution in [0.3, 0.4) is 0 Å². The monoisotopic (exact) mass is 283 g/mol. The maximum atomic E-state index is 6.09. The Kier molecular flexibility index (Phi) is 4.64. The number of aromatic nitrogens is 2. The first-order valence-corrected chi connectivity index (χ1v) is 6.54. The number of benzene rings is 1. The Morgan fingerprint density at radius 1 is 1.28 bits per heavy atom. The Labute approximate surface area is 117 Å². The van der Waals surface area contributed by atoms with E-state index in [1.165, 1.54) is 0 Å². The molecule has 0 radical (unpaired) electrons. The summed E-state index contributed by atoms with van der Waals surface area (Å²) in [6.45, 7) is 1.61. The molecular formula is C13H15Cl2N3. The third-order valence-electron chi connectivity index (χ3n) is 2.66. The molecule has 0 saturated heterocycles. The first kappa shape index (κ1) is 13.4. The molecule has 18 heavy (non-hydrogen) atoms. The fraction of sp³-hybridized carbons (Fsp3) is 0.308. The van der Waals surface area contributed by atoms with Crippen molar-refractivity contribution in [2.24, 2.45) is 7.05 Å². The van der Waals surface area contributed by atoms with E-state index < -0.39 is 0 Å². The van der Waals surface area contributed by atoms with Gasteiger partial charge in [-0.3, -0.25) is 4.68 Å². The zero-order valence-corrected chi connectivity index (χ0v) is 11.7. The smallest absolute Gasteiger partial charge is 0.0637 e. The van der Waals surface area contributed by atoms with Crippen LogP contribution in [0, 0.1) is 0 Å². The molecule has 2 rings (SSSR count). The second kappa shape index (κ2) is 6.23. The predicted octanol–water partition coefficient (Wildman–Crippen LogP) is 3.06. The van der Waals surface area contributed by atoms with Gasteiger partial charge < -0.3 is 5.32 Å². The number of aryl methyl sites for hydroxylation is 1. The Balaban J connectivity index is 1.78. The third kappa shape index (κ3) is 3.73. The summed E-state index contributed by atoms with van der Waals surface area (Å²) in [7, 11) is 1.92. The molecule has 0 unspecified atom stereocenters. The number of halogens is 2. The Morgan fingerprint density at radius 3 is 2.78 bits per heavy atom. The van der Waals surface area contributed by atoms with E-state index >= 15 is 0 Å². The summed E-state index contributed by atoms with van der Waals surface area (Å²) < 4.78 is 1.81. The average Bonchev–Trinajstić information content (AvgIpc) is 2.73. The van der Waals surface area contributed by atoms with Crippen LogP contribution < -0.4 is 5.32 Å². The zero-order chi connectivity index (χ0) is 13.0. The standard InChI is InChI=1S/C13H15Cl2N3/c1-18-7-5-12(17-18)4-6-16-9-10-2-3-11(14)8-13(10)15/h2-3,5,7-8,16H,4,6,9H2,1H3. The molecule has 0 amide bonds. The number of hydrogen-bond acceptors (Lipinski definition) is 2. The highest BCUT2D eigenvalue weighted by molar-refractivity contribution is 6.35. The van der Waals surface area contributed by atoms with Crippen molar-refractivity contribution in [2.45, 2.75) is 13.0 Å². The van der Waals surface area contributed by atoms with Gasteiger partial charge >= 0.3 is 0 Å². The summed E-state index contributed by atoms with van der Waals surface area (Å²) in [5.41, 5.74) is 2.15. The third-order valence-corrected chi connectivity index (χ3v) is 3.24. The largest absolute Gasteiger partial charge is 0.312 e. The summed E-state index contributed by atoms with van der Waals surface area (Å²) in [6, 6.07) is 7.58. The second-order valence-corrected chi connectivity index (χ2v) is 4.99. The van der Waals surface area contributed by atoms with E-state index in [1.807, 2.05) is 36.1 Å². The summed E-state index contributed by atoms with van der Waals surface area (Å²) in [6.07, 6.45) is 2.86. The van der Waals surface area contributed by atoms with Crippen molar-refractivity contribution in [3.05, 3.63) is 51.8 Å². The molecule has 3 nitrogen and oxygen atoms in total. The minimum absolute atomic E-state index is 0.664. The van der Waals surface area contributed by atoms with Crippen LogP contribution in [0.5, 0.6) is 0 Å². The SMILES string of the molecule is Cn1ccc(CCNCc2ccc(Cl)cc2Cl)n1. The van der Waals surface area contributed by atoms with E-state index in [-0.39, 0.29) is 0 Å². The Morgan fingerprint density at radius 2 is 2.11 bits per heavy atom. The summed E-state index contributed by atoms with van der Waals surface area (Å²) in [4.78, 5) is 0. The van der Waals surface area contributed by atoms with Gasteiger partial charge in [-0.05, 0) is 23.8 Å². The molecular weight excluding hydrogens is 269 g/mol. The quantitative estimate of drug-likeness (QED) is 0.855. The van der Waals surface area contributed by atoms with Gasteiger partial charge in [-0.2, -0.15) is 5.10 Å². The van der Waals surface area contributed by atoms with Crippen molar-refractivity contribution in [2.75, 3.05) is 6.54 Å². The normalized spacial score (nSPS) is 10.8. The molecule has 2 aromatic rings. The number of nitrogens with zero attached hydrogens (tertiary/aromatic N) is 2. The zero-order valence-electron chi connectivity index (χ0n) is 10.2. The van der Waals surface area contributed by atoms with Crippen LogP contribution in [-0.4, -0.2) is 16.3 Å². The van der Waals surface area contributed by atoms with Gasteiger partial charge in [0.2, 0.25) is 0 Å². The lowest BCUT2D eigenvalue weighted by Crippen LogP contribution is -2.17. The second-order valence-electron chi connectivity index (χ2n) is 4.14. The maximum Gasteiger partial charge on any atom is 0.0637 e. The fourth-order valence-corrected chi connectivity index (χ4v) is 2.18. The Bertz CT molecular complexity index is 523. The van der Waals surface area contributed by atoms with E-state index in [0.29, 0.717) is 10.0 Å². The molecule has 0 aliphatic carbocycles. The molecule has 0 saturated carbocycles. The topological polar surface area (TPSA) is 29.9 Å². The molecule has 96 valence electrons. The van der Waals surface area contributed by atoms with Crippen LogP contribution in [0.1, 0.15) is 11.3 Å². The van der Waals surface area contributed by atoms with Crippen molar-refractivity contribution < 1.29 is 0 Å². The van der Waals surface area contributed by atoms with Gasteiger partial charge in [0.25, 0.3) is 0 Å². The van der Waals surface area contributed by atoms with Crippen LogP contribution in [0.4, 0.5) is 0 Å². The van der Waals surface area contributed by atoms with Crippen molar-refractivity contribution in [1.82, 2.24) is 15.1 Å². The van der Waals surface area contributed by atoms with E-state index in [0.717, 1.165) is 30.8 Å². The van der Waals surface area contributed by atoms with Gasteiger partial charge in [0.05, 0.1) is 5.69 Å². The highest BCUT2D eigenvalue weighted by atomic mass is 35.5. The highest BCUT2D eigenvalue weighted by Crippen LogP contribution is 2.20. The lowest BCUT2D eigenvalue weighted by molar-refractivity contribution is 0.665. The molecule has 1 aromatic carbocycles.